The zero-order valence-electron chi connectivity index (χ0n) is 6.59. The van der Waals surface area contributed by atoms with Crippen molar-refractivity contribution in [1.29, 1.82) is 0 Å². The first kappa shape index (κ1) is 8.52. The van der Waals surface area contributed by atoms with Crippen LogP contribution in [0.1, 0.15) is 0 Å². The molecule has 1 aliphatic rings. The molecular formula is C6H13N3OS. The fourth-order valence-corrected chi connectivity index (χ4v) is 1.22. The van der Waals surface area contributed by atoms with Gasteiger partial charge >= 0.3 is 0 Å². The lowest BCUT2D eigenvalue weighted by Crippen LogP contribution is -2.35. The highest BCUT2D eigenvalue weighted by molar-refractivity contribution is 7.84. The second kappa shape index (κ2) is 4.33. The van der Waals surface area contributed by atoms with Gasteiger partial charge in [0.25, 0.3) is 0 Å². The van der Waals surface area contributed by atoms with Crippen LogP contribution in [0, 0.1) is 0 Å². The highest BCUT2D eigenvalue weighted by Gasteiger charge is 2.02. The van der Waals surface area contributed by atoms with E-state index >= 15 is 0 Å². The summed E-state index contributed by atoms with van der Waals surface area (Å²) in [4.78, 5) is 4.13. The van der Waals surface area contributed by atoms with Gasteiger partial charge in [0.15, 0.2) is 5.96 Å². The minimum absolute atomic E-state index is 0.681. The maximum atomic E-state index is 10.6. The summed E-state index contributed by atoms with van der Waals surface area (Å²) in [7, 11) is -0.711. The minimum Gasteiger partial charge on any atom is -0.355 e. The van der Waals surface area contributed by atoms with Gasteiger partial charge in [-0.25, -0.2) is 0 Å². The van der Waals surface area contributed by atoms with Gasteiger partial charge in [-0.3, -0.25) is 9.20 Å². The number of aliphatic imine (C=N–C) groups is 1. The lowest BCUT2D eigenvalue weighted by atomic mass is 10.7. The lowest BCUT2D eigenvalue weighted by Gasteiger charge is -2.03. The van der Waals surface area contributed by atoms with Crippen LogP contribution >= 0.6 is 0 Å². The van der Waals surface area contributed by atoms with Crippen molar-refractivity contribution in [2.45, 2.75) is 0 Å². The molecule has 0 aromatic heterocycles. The highest BCUT2D eigenvalue weighted by Crippen LogP contribution is 1.80. The molecule has 1 unspecified atom stereocenters. The Bertz CT molecular complexity index is 181. The zero-order valence-corrected chi connectivity index (χ0v) is 7.41. The molecule has 0 saturated heterocycles. The van der Waals surface area contributed by atoms with Crippen LogP contribution in [0.5, 0.6) is 0 Å². The summed E-state index contributed by atoms with van der Waals surface area (Å²) in [5.74, 6) is 1.52. The second-order valence-electron chi connectivity index (χ2n) is 2.36. The first-order valence-electron chi connectivity index (χ1n) is 3.61. The molecule has 64 valence electrons. The number of rotatable bonds is 3. The third kappa shape index (κ3) is 3.36. The number of nitrogens with one attached hydrogen (secondary N) is 2. The van der Waals surface area contributed by atoms with Crippen LogP contribution in [0.25, 0.3) is 0 Å². The van der Waals surface area contributed by atoms with Gasteiger partial charge in [-0.1, -0.05) is 0 Å². The number of guanidine groups is 1. The van der Waals surface area contributed by atoms with Gasteiger partial charge < -0.3 is 10.6 Å². The van der Waals surface area contributed by atoms with E-state index in [1.54, 1.807) is 6.26 Å². The molecule has 0 saturated carbocycles. The van der Waals surface area contributed by atoms with E-state index in [0.717, 1.165) is 25.6 Å². The van der Waals surface area contributed by atoms with Crippen LogP contribution in [-0.4, -0.2) is 41.8 Å². The smallest absolute Gasteiger partial charge is 0.191 e. The Morgan fingerprint density at radius 1 is 1.82 bits per heavy atom. The number of hydrogen-bond donors (Lipinski definition) is 2. The summed E-state index contributed by atoms with van der Waals surface area (Å²) in [6.45, 7) is 2.49. The van der Waals surface area contributed by atoms with Crippen molar-refractivity contribution in [2.75, 3.05) is 31.6 Å². The molecule has 0 aromatic rings. The third-order valence-electron chi connectivity index (χ3n) is 1.36. The van der Waals surface area contributed by atoms with Crippen molar-refractivity contribution >= 4 is 16.8 Å². The van der Waals surface area contributed by atoms with Crippen LogP contribution in [-0.2, 0) is 10.8 Å². The van der Waals surface area contributed by atoms with Gasteiger partial charge in [0, 0.05) is 35.9 Å². The maximum absolute atomic E-state index is 10.6. The van der Waals surface area contributed by atoms with E-state index < -0.39 is 10.8 Å². The predicted molar refractivity (Wildman–Crippen MR) is 47.2 cm³/mol. The van der Waals surface area contributed by atoms with E-state index in [2.05, 4.69) is 15.6 Å². The van der Waals surface area contributed by atoms with Gasteiger partial charge in [0.05, 0.1) is 6.54 Å². The van der Waals surface area contributed by atoms with Crippen molar-refractivity contribution in [1.82, 2.24) is 10.6 Å². The van der Waals surface area contributed by atoms with Crippen molar-refractivity contribution in [3.05, 3.63) is 0 Å². The zero-order chi connectivity index (χ0) is 8.10. The largest absolute Gasteiger partial charge is 0.355 e. The van der Waals surface area contributed by atoms with Crippen LogP contribution in [0.15, 0.2) is 4.99 Å². The van der Waals surface area contributed by atoms with Crippen molar-refractivity contribution in [2.24, 2.45) is 4.99 Å². The van der Waals surface area contributed by atoms with Crippen LogP contribution < -0.4 is 10.6 Å². The summed E-state index contributed by atoms with van der Waals surface area (Å²) in [5.41, 5.74) is 0. The molecule has 1 atom stereocenters. The Labute approximate surface area is 68.9 Å². The highest BCUT2D eigenvalue weighted by atomic mass is 32.2. The Morgan fingerprint density at radius 3 is 3.18 bits per heavy atom. The second-order valence-corrected chi connectivity index (χ2v) is 3.92. The van der Waals surface area contributed by atoms with Gasteiger partial charge in [0.1, 0.15) is 0 Å². The van der Waals surface area contributed by atoms with E-state index in [1.165, 1.54) is 0 Å². The normalized spacial score (nSPS) is 18.8. The fraction of sp³-hybridized carbons (Fsp3) is 0.833. The lowest BCUT2D eigenvalue weighted by molar-refractivity contribution is 0.685. The van der Waals surface area contributed by atoms with Crippen molar-refractivity contribution in [3.63, 3.8) is 0 Å². The molecule has 2 N–H and O–H groups in total. The first-order chi connectivity index (χ1) is 5.29. The molecule has 1 rings (SSSR count). The van der Waals surface area contributed by atoms with E-state index in [0.29, 0.717) is 5.75 Å². The quantitative estimate of drug-likeness (QED) is 0.573. The molecule has 0 aliphatic carbocycles. The van der Waals surface area contributed by atoms with Crippen molar-refractivity contribution < 1.29 is 4.21 Å². The molecule has 11 heavy (non-hydrogen) atoms. The molecule has 0 radical (unpaired) electrons. The Kier molecular flexibility index (Phi) is 3.35. The molecule has 4 nitrogen and oxygen atoms in total. The Balaban J connectivity index is 2.07. The van der Waals surface area contributed by atoms with E-state index in [-0.39, 0.29) is 0 Å². The monoisotopic (exact) mass is 175 g/mol. The van der Waals surface area contributed by atoms with Crippen LogP contribution in [0.4, 0.5) is 0 Å². The molecule has 0 aromatic carbocycles. The van der Waals surface area contributed by atoms with Crippen LogP contribution in [0.3, 0.4) is 0 Å². The fourth-order valence-electron chi connectivity index (χ4n) is 0.829. The molecule has 1 heterocycles. The average Bonchev–Trinajstić information content (AvgIpc) is 2.39. The molecule has 0 spiro atoms. The summed E-state index contributed by atoms with van der Waals surface area (Å²) < 4.78 is 10.6. The Hall–Kier alpha value is -0.580. The molecular weight excluding hydrogens is 162 g/mol. The van der Waals surface area contributed by atoms with Gasteiger partial charge in [-0.05, 0) is 0 Å². The third-order valence-corrected chi connectivity index (χ3v) is 2.14. The van der Waals surface area contributed by atoms with E-state index in [1.807, 2.05) is 0 Å². The molecule has 0 bridgehead atoms. The number of nitrogens with zero attached hydrogens (tertiary/aromatic N) is 1. The topological polar surface area (TPSA) is 53.5 Å². The molecule has 0 fully saturated rings. The van der Waals surface area contributed by atoms with Crippen molar-refractivity contribution in [3.8, 4) is 0 Å². The predicted octanol–water partition coefficient (Wildman–Crippen LogP) is -1.09. The summed E-state index contributed by atoms with van der Waals surface area (Å²) in [5, 5.41) is 6.13. The average molecular weight is 175 g/mol. The summed E-state index contributed by atoms with van der Waals surface area (Å²) in [6.07, 6.45) is 1.70. The van der Waals surface area contributed by atoms with E-state index in [4.69, 9.17) is 0 Å². The molecule has 1 aliphatic heterocycles. The summed E-state index contributed by atoms with van der Waals surface area (Å²) in [6, 6.07) is 0. The van der Waals surface area contributed by atoms with Crippen LogP contribution in [0.2, 0.25) is 0 Å². The molecule has 0 amide bonds. The number of hydrogen-bond acceptors (Lipinski definition) is 4. The Morgan fingerprint density at radius 2 is 2.64 bits per heavy atom. The summed E-state index contributed by atoms with van der Waals surface area (Å²) >= 11 is 0. The van der Waals surface area contributed by atoms with Gasteiger partial charge in [-0.2, -0.15) is 0 Å². The minimum atomic E-state index is -0.711. The molecule has 5 heteroatoms. The first-order valence-corrected chi connectivity index (χ1v) is 5.34. The maximum Gasteiger partial charge on any atom is 0.191 e. The van der Waals surface area contributed by atoms with Gasteiger partial charge in [-0.15, -0.1) is 0 Å². The van der Waals surface area contributed by atoms with E-state index in [9.17, 15) is 4.21 Å². The SMILES string of the molecule is CS(=O)CCNC1=NCCN1. The standard InChI is InChI=1S/C6H13N3OS/c1-11(10)5-4-9-6-7-2-3-8-6/h2-5H2,1H3,(H2,7,8,9). The van der Waals surface area contributed by atoms with Gasteiger partial charge in [0.2, 0.25) is 0 Å².